The van der Waals surface area contributed by atoms with Gasteiger partial charge in [-0.15, -0.1) is 10.2 Å². The molecule has 2 aromatic heterocycles. The summed E-state index contributed by atoms with van der Waals surface area (Å²) in [6.07, 6.45) is 0. The molecule has 1 N–H and O–H groups in total. The van der Waals surface area contributed by atoms with Crippen LogP contribution in [0.2, 0.25) is 5.02 Å². The first kappa shape index (κ1) is 20.2. The van der Waals surface area contributed by atoms with Crippen LogP contribution >= 0.6 is 23.4 Å². The van der Waals surface area contributed by atoms with Crippen LogP contribution in [0.15, 0.2) is 59.8 Å². The minimum Gasteiger partial charge on any atom is -0.497 e. The number of nitrogens with one attached hydrogen (secondary N) is 1. The Morgan fingerprint density at radius 3 is 2.83 bits per heavy atom. The average Bonchev–Trinajstić information content (AvgIpc) is 3.17. The molecule has 2 heterocycles. The van der Waals surface area contributed by atoms with Gasteiger partial charge in [-0.25, -0.2) is 0 Å². The third-order valence-corrected chi connectivity index (χ3v) is 5.71. The number of halogens is 1. The first-order valence-electron chi connectivity index (χ1n) is 9.09. The van der Waals surface area contributed by atoms with Crippen molar-refractivity contribution in [1.82, 2.24) is 19.8 Å². The molecule has 0 bridgehead atoms. The molecule has 2 aromatic carbocycles. The van der Waals surface area contributed by atoms with Gasteiger partial charge in [-0.3, -0.25) is 4.79 Å². The first-order chi connectivity index (χ1) is 14.5. The van der Waals surface area contributed by atoms with E-state index in [1.807, 2.05) is 55.5 Å². The normalized spacial score (nSPS) is 10.9. The van der Waals surface area contributed by atoms with Crippen molar-refractivity contribution >= 4 is 40.6 Å². The summed E-state index contributed by atoms with van der Waals surface area (Å²) in [6, 6.07) is 16.8. The number of nitrogens with zero attached hydrogens (tertiary/aromatic N) is 4. The Labute approximate surface area is 182 Å². The molecule has 7 nitrogen and oxygen atoms in total. The number of anilines is 1. The highest BCUT2D eigenvalue weighted by atomic mass is 35.5. The number of amides is 1. The minimum absolute atomic E-state index is 0.164. The van der Waals surface area contributed by atoms with E-state index in [1.54, 1.807) is 17.7 Å². The molecular formula is C21H18ClN5O2S. The zero-order valence-corrected chi connectivity index (χ0v) is 17.9. The summed E-state index contributed by atoms with van der Waals surface area (Å²) in [5.41, 5.74) is 3.88. The Kier molecular flexibility index (Phi) is 5.87. The van der Waals surface area contributed by atoms with E-state index in [1.165, 1.54) is 11.8 Å². The van der Waals surface area contributed by atoms with E-state index in [0.29, 0.717) is 21.5 Å². The maximum absolute atomic E-state index is 12.3. The fourth-order valence-corrected chi connectivity index (χ4v) is 3.66. The summed E-state index contributed by atoms with van der Waals surface area (Å²) in [5, 5.41) is 16.9. The molecule has 4 aromatic rings. The SMILES string of the molecule is COc1cccc(-c2ccc3nnc(SCC(=O)Nc4ccc(C)c(Cl)c4)n3n2)c1. The number of aryl methyl sites for hydroxylation is 1. The van der Waals surface area contributed by atoms with E-state index in [0.717, 1.165) is 22.6 Å². The molecule has 0 aliphatic carbocycles. The number of benzene rings is 2. The predicted molar refractivity (Wildman–Crippen MR) is 118 cm³/mol. The molecule has 4 rings (SSSR count). The van der Waals surface area contributed by atoms with Crippen LogP contribution in [0.1, 0.15) is 5.56 Å². The highest BCUT2D eigenvalue weighted by Crippen LogP contribution is 2.24. The lowest BCUT2D eigenvalue weighted by Gasteiger charge is -2.07. The number of fused-ring (bicyclic) bond motifs is 1. The average molecular weight is 440 g/mol. The lowest BCUT2D eigenvalue weighted by Crippen LogP contribution is -2.14. The molecule has 0 atom stereocenters. The van der Waals surface area contributed by atoms with Crippen molar-refractivity contribution in [2.45, 2.75) is 12.1 Å². The maximum atomic E-state index is 12.3. The molecule has 0 radical (unpaired) electrons. The number of aromatic nitrogens is 4. The molecule has 0 unspecified atom stereocenters. The fourth-order valence-electron chi connectivity index (χ4n) is 2.79. The Balaban J connectivity index is 1.50. The van der Waals surface area contributed by atoms with E-state index in [9.17, 15) is 4.79 Å². The Hall–Kier alpha value is -3.10. The molecular weight excluding hydrogens is 422 g/mol. The summed E-state index contributed by atoms with van der Waals surface area (Å²) < 4.78 is 6.92. The topological polar surface area (TPSA) is 81.4 Å². The van der Waals surface area contributed by atoms with E-state index in [2.05, 4.69) is 20.6 Å². The second-order valence-corrected chi connectivity index (χ2v) is 7.85. The zero-order valence-electron chi connectivity index (χ0n) is 16.3. The number of carbonyl (C=O) groups excluding carboxylic acids is 1. The molecule has 0 saturated heterocycles. The summed E-state index contributed by atoms with van der Waals surface area (Å²) in [6.45, 7) is 1.91. The van der Waals surface area contributed by atoms with Crippen LogP contribution in [-0.2, 0) is 4.79 Å². The second kappa shape index (κ2) is 8.73. The number of methoxy groups -OCH3 is 1. The standard InChI is InChI=1S/C21H18ClN5O2S/c1-13-6-7-15(11-17(13)22)23-20(28)12-30-21-25-24-19-9-8-18(26-27(19)21)14-4-3-5-16(10-14)29-2/h3-11H,12H2,1-2H3,(H,23,28). The second-order valence-electron chi connectivity index (χ2n) is 6.50. The third-order valence-electron chi connectivity index (χ3n) is 4.39. The molecule has 0 saturated carbocycles. The van der Waals surface area contributed by atoms with Crippen molar-refractivity contribution in [3.8, 4) is 17.0 Å². The largest absolute Gasteiger partial charge is 0.497 e. The highest BCUT2D eigenvalue weighted by Gasteiger charge is 2.12. The lowest BCUT2D eigenvalue weighted by molar-refractivity contribution is -0.113. The fraction of sp³-hybridized carbons (Fsp3) is 0.143. The quantitative estimate of drug-likeness (QED) is 0.446. The summed E-state index contributed by atoms with van der Waals surface area (Å²) in [5.74, 6) is 0.749. The minimum atomic E-state index is -0.166. The van der Waals surface area contributed by atoms with Crippen molar-refractivity contribution in [2.75, 3.05) is 18.2 Å². The van der Waals surface area contributed by atoms with Crippen LogP contribution < -0.4 is 10.1 Å². The first-order valence-corrected chi connectivity index (χ1v) is 10.5. The van der Waals surface area contributed by atoms with E-state index in [4.69, 9.17) is 16.3 Å². The summed E-state index contributed by atoms with van der Waals surface area (Å²) in [4.78, 5) is 12.3. The number of hydrogen-bond acceptors (Lipinski definition) is 6. The summed E-state index contributed by atoms with van der Waals surface area (Å²) >= 11 is 7.37. The molecule has 0 spiro atoms. The van der Waals surface area contributed by atoms with Gasteiger partial charge in [-0.1, -0.05) is 41.6 Å². The molecule has 1 amide bonds. The Morgan fingerprint density at radius 1 is 1.17 bits per heavy atom. The van der Waals surface area contributed by atoms with Crippen molar-refractivity contribution < 1.29 is 9.53 Å². The van der Waals surface area contributed by atoms with Gasteiger partial charge in [0.2, 0.25) is 11.1 Å². The van der Waals surface area contributed by atoms with Crippen LogP contribution in [0.25, 0.3) is 16.9 Å². The number of ether oxygens (including phenoxy) is 1. The molecule has 152 valence electrons. The predicted octanol–water partition coefficient (Wildman–Crippen LogP) is 4.49. The van der Waals surface area contributed by atoms with Crippen LogP contribution in [0.3, 0.4) is 0 Å². The van der Waals surface area contributed by atoms with Crippen LogP contribution in [0.4, 0.5) is 5.69 Å². The molecule has 0 fully saturated rings. The monoisotopic (exact) mass is 439 g/mol. The zero-order chi connectivity index (χ0) is 21.1. The van der Waals surface area contributed by atoms with Crippen molar-refractivity contribution in [3.63, 3.8) is 0 Å². The highest BCUT2D eigenvalue weighted by molar-refractivity contribution is 7.99. The molecule has 30 heavy (non-hydrogen) atoms. The third kappa shape index (κ3) is 4.39. The Bertz CT molecular complexity index is 1230. The maximum Gasteiger partial charge on any atom is 0.234 e. The van der Waals surface area contributed by atoms with Gasteiger partial charge in [0.05, 0.1) is 18.6 Å². The van der Waals surface area contributed by atoms with Crippen LogP contribution in [-0.4, -0.2) is 38.6 Å². The van der Waals surface area contributed by atoms with E-state index >= 15 is 0 Å². The number of thioether (sulfide) groups is 1. The van der Waals surface area contributed by atoms with Gasteiger partial charge in [-0.05, 0) is 48.9 Å². The van der Waals surface area contributed by atoms with Crippen molar-refractivity contribution in [3.05, 3.63) is 65.2 Å². The van der Waals surface area contributed by atoms with E-state index in [-0.39, 0.29) is 11.7 Å². The van der Waals surface area contributed by atoms with E-state index < -0.39 is 0 Å². The van der Waals surface area contributed by atoms with Gasteiger partial charge in [0.15, 0.2) is 5.65 Å². The van der Waals surface area contributed by atoms with Gasteiger partial charge < -0.3 is 10.1 Å². The molecule has 9 heteroatoms. The van der Waals surface area contributed by atoms with Gasteiger partial charge in [0.1, 0.15) is 5.75 Å². The summed E-state index contributed by atoms with van der Waals surface area (Å²) in [7, 11) is 1.62. The smallest absolute Gasteiger partial charge is 0.234 e. The van der Waals surface area contributed by atoms with Gasteiger partial charge >= 0.3 is 0 Å². The number of hydrogen-bond donors (Lipinski definition) is 1. The van der Waals surface area contributed by atoms with Crippen molar-refractivity contribution in [1.29, 1.82) is 0 Å². The van der Waals surface area contributed by atoms with Gasteiger partial charge in [-0.2, -0.15) is 9.61 Å². The number of rotatable bonds is 6. The van der Waals surface area contributed by atoms with Crippen LogP contribution in [0, 0.1) is 6.92 Å². The van der Waals surface area contributed by atoms with Crippen molar-refractivity contribution in [2.24, 2.45) is 0 Å². The van der Waals surface area contributed by atoms with Gasteiger partial charge in [0.25, 0.3) is 0 Å². The Morgan fingerprint density at radius 2 is 2.03 bits per heavy atom. The number of carbonyl (C=O) groups is 1. The van der Waals surface area contributed by atoms with Gasteiger partial charge in [0, 0.05) is 16.3 Å². The molecule has 0 aliphatic rings. The lowest BCUT2D eigenvalue weighted by atomic mass is 10.1. The van der Waals surface area contributed by atoms with Crippen LogP contribution in [0.5, 0.6) is 5.75 Å². The molecule has 0 aliphatic heterocycles.